The second-order valence-electron chi connectivity index (χ2n) is 4.24. The van der Waals surface area contributed by atoms with E-state index in [9.17, 15) is 14.4 Å². The SMILES string of the molecule is COC(=O)CC[C@H](NC(=O)CC(C)C)C(N)=O. The Labute approximate surface area is 101 Å². The number of nitrogens with one attached hydrogen (secondary N) is 1. The van der Waals surface area contributed by atoms with Gasteiger partial charge in [0.1, 0.15) is 6.04 Å². The Hall–Kier alpha value is -1.59. The highest BCUT2D eigenvalue weighted by Gasteiger charge is 2.19. The lowest BCUT2D eigenvalue weighted by Gasteiger charge is -2.15. The van der Waals surface area contributed by atoms with Crippen LogP contribution in [-0.2, 0) is 19.1 Å². The van der Waals surface area contributed by atoms with E-state index in [0.717, 1.165) is 0 Å². The summed E-state index contributed by atoms with van der Waals surface area (Å²) in [5.74, 6) is -1.13. The molecule has 0 saturated heterocycles. The van der Waals surface area contributed by atoms with Crippen LogP contribution in [0.3, 0.4) is 0 Å². The maximum Gasteiger partial charge on any atom is 0.305 e. The summed E-state index contributed by atoms with van der Waals surface area (Å²) in [5.41, 5.74) is 5.14. The summed E-state index contributed by atoms with van der Waals surface area (Å²) in [6.07, 6.45) is 0.528. The molecule has 98 valence electrons. The molecule has 6 nitrogen and oxygen atoms in total. The normalized spacial score (nSPS) is 12.0. The van der Waals surface area contributed by atoms with Gasteiger partial charge in [-0.25, -0.2) is 0 Å². The van der Waals surface area contributed by atoms with Gasteiger partial charge in [-0.05, 0) is 12.3 Å². The van der Waals surface area contributed by atoms with Crippen molar-refractivity contribution in [3.63, 3.8) is 0 Å². The van der Waals surface area contributed by atoms with E-state index in [2.05, 4.69) is 10.1 Å². The van der Waals surface area contributed by atoms with Gasteiger partial charge >= 0.3 is 5.97 Å². The van der Waals surface area contributed by atoms with Crippen molar-refractivity contribution in [2.24, 2.45) is 11.7 Å². The van der Waals surface area contributed by atoms with Gasteiger partial charge in [-0.3, -0.25) is 14.4 Å². The molecule has 0 heterocycles. The van der Waals surface area contributed by atoms with Gasteiger partial charge in [0.05, 0.1) is 7.11 Å². The molecule has 0 bridgehead atoms. The van der Waals surface area contributed by atoms with Crippen LogP contribution in [0.5, 0.6) is 0 Å². The zero-order chi connectivity index (χ0) is 13.4. The number of amides is 2. The first-order valence-corrected chi connectivity index (χ1v) is 5.52. The highest BCUT2D eigenvalue weighted by atomic mass is 16.5. The Kier molecular flexibility index (Phi) is 6.93. The molecule has 0 aliphatic carbocycles. The molecule has 0 aromatic rings. The quantitative estimate of drug-likeness (QED) is 0.614. The van der Waals surface area contributed by atoms with Gasteiger partial charge in [0, 0.05) is 12.8 Å². The molecule has 17 heavy (non-hydrogen) atoms. The Morgan fingerprint density at radius 3 is 2.29 bits per heavy atom. The Morgan fingerprint density at radius 1 is 1.29 bits per heavy atom. The van der Waals surface area contributed by atoms with Crippen LogP contribution in [0.25, 0.3) is 0 Å². The lowest BCUT2D eigenvalue weighted by Crippen LogP contribution is -2.45. The minimum atomic E-state index is -0.819. The number of hydrogen-bond donors (Lipinski definition) is 2. The van der Waals surface area contributed by atoms with E-state index in [1.807, 2.05) is 13.8 Å². The summed E-state index contributed by atoms with van der Waals surface area (Å²) in [6.45, 7) is 3.79. The van der Waals surface area contributed by atoms with E-state index in [-0.39, 0.29) is 24.7 Å². The maximum absolute atomic E-state index is 11.4. The van der Waals surface area contributed by atoms with Gasteiger partial charge in [-0.1, -0.05) is 13.8 Å². The van der Waals surface area contributed by atoms with Crippen LogP contribution in [0.1, 0.15) is 33.1 Å². The summed E-state index contributed by atoms with van der Waals surface area (Å²) in [5, 5.41) is 2.51. The topological polar surface area (TPSA) is 98.5 Å². The van der Waals surface area contributed by atoms with Crippen LogP contribution in [0.2, 0.25) is 0 Å². The number of methoxy groups -OCH3 is 1. The zero-order valence-electron chi connectivity index (χ0n) is 10.5. The predicted octanol–water partition coefficient (Wildman–Crippen LogP) is -0.0442. The van der Waals surface area contributed by atoms with E-state index >= 15 is 0 Å². The van der Waals surface area contributed by atoms with E-state index < -0.39 is 17.9 Å². The number of rotatable bonds is 7. The summed E-state index contributed by atoms with van der Waals surface area (Å²) in [6, 6.07) is -0.819. The number of carbonyl (C=O) groups is 3. The molecule has 0 spiro atoms. The van der Waals surface area contributed by atoms with Crippen LogP contribution in [0.4, 0.5) is 0 Å². The Bertz CT molecular complexity index is 289. The van der Waals surface area contributed by atoms with Gasteiger partial charge in [-0.15, -0.1) is 0 Å². The molecule has 6 heteroatoms. The molecule has 0 unspecified atom stereocenters. The van der Waals surface area contributed by atoms with Crippen LogP contribution in [-0.4, -0.2) is 30.9 Å². The second kappa shape index (κ2) is 7.65. The van der Waals surface area contributed by atoms with E-state index in [4.69, 9.17) is 5.73 Å². The number of hydrogen-bond acceptors (Lipinski definition) is 4. The summed E-state index contributed by atoms with van der Waals surface area (Å²) in [4.78, 5) is 33.4. The predicted molar refractivity (Wildman–Crippen MR) is 61.8 cm³/mol. The lowest BCUT2D eigenvalue weighted by atomic mass is 10.1. The smallest absolute Gasteiger partial charge is 0.305 e. The molecule has 0 fully saturated rings. The van der Waals surface area contributed by atoms with Gasteiger partial charge in [0.25, 0.3) is 0 Å². The summed E-state index contributed by atoms with van der Waals surface area (Å²) in [7, 11) is 1.26. The molecule has 0 aromatic carbocycles. The first kappa shape index (κ1) is 15.4. The number of esters is 1. The third-order valence-electron chi connectivity index (χ3n) is 2.14. The third kappa shape index (κ3) is 7.32. The fourth-order valence-electron chi connectivity index (χ4n) is 1.27. The summed E-state index contributed by atoms with van der Waals surface area (Å²) >= 11 is 0. The average molecular weight is 244 g/mol. The summed E-state index contributed by atoms with van der Waals surface area (Å²) < 4.78 is 4.45. The average Bonchev–Trinajstić information content (AvgIpc) is 2.22. The van der Waals surface area contributed by atoms with Crippen molar-refractivity contribution >= 4 is 17.8 Å². The zero-order valence-corrected chi connectivity index (χ0v) is 10.5. The molecular weight excluding hydrogens is 224 g/mol. The van der Waals surface area contributed by atoms with Gasteiger partial charge in [0.15, 0.2) is 0 Å². The maximum atomic E-state index is 11.4. The van der Waals surface area contributed by atoms with Gasteiger partial charge in [0.2, 0.25) is 11.8 Å². The van der Waals surface area contributed by atoms with Crippen LogP contribution < -0.4 is 11.1 Å². The van der Waals surface area contributed by atoms with Gasteiger partial charge in [-0.2, -0.15) is 0 Å². The van der Waals surface area contributed by atoms with Crippen molar-refractivity contribution in [2.75, 3.05) is 7.11 Å². The van der Waals surface area contributed by atoms with Crippen molar-refractivity contribution in [3.05, 3.63) is 0 Å². The fraction of sp³-hybridized carbons (Fsp3) is 0.727. The fourth-order valence-corrected chi connectivity index (χ4v) is 1.27. The standard InChI is InChI=1S/C11H20N2O4/c1-7(2)6-9(14)13-8(11(12)16)4-5-10(15)17-3/h7-8H,4-6H2,1-3H3,(H2,12,16)(H,13,14)/t8-/m0/s1. The highest BCUT2D eigenvalue weighted by Crippen LogP contribution is 2.02. The number of ether oxygens (including phenoxy) is 1. The molecule has 0 saturated carbocycles. The monoisotopic (exact) mass is 244 g/mol. The van der Waals surface area contributed by atoms with Crippen molar-refractivity contribution in [3.8, 4) is 0 Å². The lowest BCUT2D eigenvalue weighted by molar-refractivity contribution is -0.141. The molecular formula is C11H20N2O4. The second-order valence-corrected chi connectivity index (χ2v) is 4.24. The van der Waals surface area contributed by atoms with E-state index in [1.165, 1.54) is 7.11 Å². The number of carbonyl (C=O) groups excluding carboxylic acids is 3. The number of primary amides is 1. The number of nitrogens with two attached hydrogens (primary N) is 1. The minimum Gasteiger partial charge on any atom is -0.469 e. The van der Waals surface area contributed by atoms with E-state index in [0.29, 0.717) is 6.42 Å². The molecule has 0 aliphatic rings. The van der Waals surface area contributed by atoms with E-state index in [1.54, 1.807) is 0 Å². The largest absolute Gasteiger partial charge is 0.469 e. The molecule has 0 aliphatic heterocycles. The van der Waals surface area contributed by atoms with Crippen molar-refractivity contribution in [2.45, 2.75) is 39.2 Å². The van der Waals surface area contributed by atoms with Crippen molar-refractivity contribution in [1.82, 2.24) is 5.32 Å². The molecule has 0 aromatic heterocycles. The molecule has 0 radical (unpaired) electrons. The highest BCUT2D eigenvalue weighted by molar-refractivity contribution is 5.87. The molecule has 0 rings (SSSR count). The Morgan fingerprint density at radius 2 is 1.88 bits per heavy atom. The molecule has 3 N–H and O–H groups in total. The third-order valence-corrected chi connectivity index (χ3v) is 2.14. The van der Waals surface area contributed by atoms with Gasteiger partial charge < -0.3 is 15.8 Å². The molecule has 1 atom stereocenters. The first-order chi connectivity index (χ1) is 7.86. The van der Waals surface area contributed by atoms with Crippen LogP contribution >= 0.6 is 0 Å². The first-order valence-electron chi connectivity index (χ1n) is 5.52. The Balaban J connectivity index is 4.20. The molecule has 2 amide bonds. The van der Waals surface area contributed by atoms with Crippen LogP contribution in [0.15, 0.2) is 0 Å². The minimum absolute atomic E-state index is 0.0477. The van der Waals surface area contributed by atoms with Crippen molar-refractivity contribution in [1.29, 1.82) is 0 Å². The van der Waals surface area contributed by atoms with Crippen LogP contribution in [0, 0.1) is 5.92 Å². The van der Waals surface area contributed by atoms with Crippen molar-refractivity contribution < 1.29 is 19.1 Å².